The van der Waals surface area contributed by atoms with Crippen LogP contribution in [0.15, 0.2) is 0 Å². The molecule has 0 unspecified atom stereocenters. The molecular formula is C16H34N2O. The van der Waals surface area contributed by atoms with Gasteiger partial charge in [0.05, 0.1) is 0 Å². The predicted octanol–water partition coefficient (Wildman–Crippen LogP) is 2.91. The number of aliphatic hydroxyl groups is 1. The van der Waals surface area contributed by atoms with Gasteiger partial charge in [0.15, 0.2) is 0 Å². The Kier molecular flexibility index (Phi) is 8.67. The number of unbranched alkanes of at least 4 members (excludes halogenated alkanes) is 3. The van der Waals surface area contributed by atoms with Gasteiger partial charge in [-0.1, -0.05) is 39.0 Å². The van der Waals surface area contributed by atoms with Crippen molar-refractivity contribution in [3.8, 4) is 0 Å². The van der Waals surface area contributed by atoms with E-state index in [1.807, 2.05) is 0 Å². The molecule has 0 saturated heterocycles. The minimum Gasteiger partial charge on any atom is -0.396 e. The fourth-order valence-electron chi connectivity index (χ4n) is 3.48. The van der Waals surface area contributed by atoms with Gasteiger partial charge in [-0.15, -0.1) is 0 Å². The summed E-state index contributed by atoms with van der Waals surface area (Å²) in [6, 6.07) is 0. The van der Waals surface area contributed by atoms with E-state index in [0.29, 0.717) is 12.1 Å². The average Bonchev–Trinajstić information content (AvgIpc) is 2.46. The molecule has 1 aliphatic carbocycles. The van der Waals surface area contributed by atoms with Gasteiger partial charge in [-0.2, -0.15) is 0 Å². The maximum Gasteiger partial charge on any atom is 0.0431 e. The van der Waals surface area contributed by atoms with Gasteiger partial charge < -0.3 is 10.8 Å². The fourth-order valence-corrected chi connectivity index (χ4v) is 3.48. The molecule has 0 aromatic rings. The van der Waals surface area contributed by atoms with E-state index in [1.54, 1.807) is 0 Å². The molecule has 114 valence electrons. The summed E-state index contributed by atoms with van der Waals surface area (Å²) in [7, 11) is 0. The predicted molar refractivity (Wildman–Crippen MR) is 82.3 cm³/mol. The van der Waals surface area contributed by atoms with Crippen LogP contribution < -0.4 is 5.73 Å². The van der Waals surface area contributed by atoms with E-state index in [0.717, 1.165) is 19.4 Å². The van der Waals surface area contributed by atoms with Gasteiger partial charge in [0.2, 0.25) is 0 Å². The number of aliphatic hydroxyl groups excluding tert-OH is 1. The zero-order chi connectivity index (χ0) is 14.0. The first-order chi connectivity index (χ1) is 9.29. The molecule has 3 N–H and O–H groups in total. The summed E-state index contributed by atoms with van der Waals surface area (Å²) in [5.41, 5.74) is 6.44. The Balaban J connectivity index is 2.44. The summed E-state index contributed by atoms with van der Waals surface area (Å²) >= 11 is 0. The molecule has 0 atom stereocenters. The lowest BCUT2D eigenvalue weighted by atomic mass is 9.80. The number of rotatable bonds is 10. The van der Waals surface area contributed by atoms with Crippen LogP contribution in [-0.4, -0.2) is 41.8 Å². The standard InChI is InChI=1S/C16H34N2O/c1-2-12-18(13-8-3-4-9-14-19)16(15-17)10-6-5-7-11-16/h19H,2-15,17H2,1H3. The Bertz CT molecular complexity index is 215. The fraction of sp³-hybridized carbons (Fsp3) is 1.00. The van der Waals surface area contributed by atoms with Gasteiger partial charge in [0, 0.05) is 18.7 Å². The van der Waals surface area contributed by atoms with E-state index >= 15 is 0 Å². The Morgan fingerprint density at radius 2 is 1.68 bits per heavy atom. The lowest BCUT2D eigenvalue weighted by Crippen LogP contribution is -2.55. The summed E-state index contributed by atoms with van der Waals surface area (Å²) in [4.78, 5) is 2.69. The zero-order valence-electron chi connectivity index (χ0n) is 12.9. The minimum absolute atomic E-state index is 0.297. The highest BCUT2D eigenvalue weighted by Gasteiger charge is 2.35. The van der Waals surface area contributed by atoms with Crippen LogP contribution in [0.3, 0.4) is 0 Å². The first kappa shape index (κ1) is 16.9. The second kappa shape index (κ2) is 9.73. The summed E-state index contributed by atoms with van der Waals surface area (Å²) < 4.78 is 0. The Morgan fingerprint density at radius 3 is 2.26 bits per heavy atom. The van der Waals surface area contributed by atoms with Gasteiger partial charge in [-0.3, -0.25) is 4.90 Å². The summed E-state index contributed by atoms with van der Waals surface area (Å²) in [5.74, 6) is 0. The van der Waals surface area contributed by atoms with Crippen molar-refractivity contribution in [1.82, 2.24) is 4.90 Å². The molecule has 3 nitrogen and oxygen atoms in total. The molecule has 19 heavy (non-hydrogen) atoms. The van der Waals surface area contributed by atoms with Crippen molar-refractivity contribution in [3.05, 3.63) is 0 Å². The lowest BCUT2D eigenvalue weighted by molar-refractivity contribution is 0.0549. The van der Waals surface area contributed by atoms with Gasteiger partial charge in [-0.25, -0.2) is 0 Å². The van der Waals surface area contributed by atoms with Crippen molar-refractivity contribution in [2.75, 3.05) is 26.2 Å². The van der Waals surface area contributed by atoms with Crippen LogP contribution in [0.5, 0.6) is 0 Å². The molecule has 0 aromatic heterocycles. The number of hydrogen-bond donors (Lipinski definition) is 2. The molecule has 0 bridgehead atoms. The molecule has 0 heterocycles. The van der Waals surface area contributed by atoms with Crippen molar-refractivity contribution >= 4 is 0 Å². The third-order valence-electron chi connectivity index (χ3n) is 4.66. The topological polar surface area (TPSA) is 49.5 Å². The first-order valence-corrected chi connectivity index (χ1v) is 8.35. The second-order valence-electron chi connectivity index (χ2n) is 6.11. The van der Waals surface area contributed by atoms with Crippen LogP contribution in [-0.2, 0) is 0 Å². The maximum absolute atomic E-state index is 8.82. The van der Waals surface area contributed by atoms with E-state index in [1.165, 1.54) is 64.5 Å². The van der Waals surface area contributed by atoms with E-state index < -0.39 is 0 Å². The Morgan fingerprint density at radius 1 is 1.00 bits per heavy atom. The molecule has 1 rings (SSSR count). The quantitative estimate of drug-likeness (QED) is 0.600. The third-order valence-corrected chi connectivity index (χ3v) is 4.66. The molecule has 0 spiro atoms. The molecule has 1 fully saturated rings. The smallest absolute Gasteiger partial charge is 0.0431 e. The molecule has 0 amide bonds. The third kappa shape index (κ3) is 5.41. The molecule has 0 radical (unpaired) electrons. The zero-order valence-corrected chi connectivity index (χ0v) is 12.9. The Labute approximate surface area is 119 Å². The molecule has 3 heteroatoms. The van der Waals surface area contributed by atoms with Gasteiger partial charge in [0.1, 0.15) is 0 Å². The molecule has 0 aliphatic heterocycles. The average molecular weight is 270 g/mol. The number of nitrogens with zero attached hydrogens (tertiary/aromatic N) is 1. The summed E-state index contributed by atoms with van der Waals surface area (Å²) in [5, 5.41) is 8.82. The highest BCUT2D eigenvalue weighted by molar-refractivity contribution is 4.94. The molecule has 1 aliphatic rings. The van der Waals surface area contributed by atoms with Gasteiger partial charge in [0.25, 0.3) is 0 Å². The van der Waals surface area contributed by atoms with E-state index in [2.05, 4.69) is 11.8 Å². The summed E-state index contributed by atoms with van der Waals surface area (Å²) in [6.45, 7) is 5.81. The van der Waals surface area contributed by atoms with E-state index in [-0.39, 0.29) is 0 Å². The largest absolute Gasteiger partial charge is 0.396 e. The molecule has 0 aromatic carbocycles. The van der Waals surface area contributed by atoms with Crippen LogP contribution in [0.1, 0.15) is 71.1 Å². The van der Waals surface area contributed by atoms with Gasteiger partial charge in [-0.05, 0) is 45.2 Å². The van der Waals surface area contributed by atoms with Crippen molar-refractivity contribution < 1.29 is 5.11 Å². The highest BCUT2D eigenvalue weighted by atomic mass is 16.2. The lowest BCUT2D eigenvalue weighted by Gasteiger charge is -2.46. The van der Waals surface area contributed by atoms with Crippen LogP contribution in [0, 0.1) is 0 Å². The number of nitrogens with two attached hydrogens (primary N) is 1. The second-order valence-corrected chi connectivity index (χ2v) is 6.11. The highest BCUT2D eigenvalue weighted by Crippen LogP contribution is 2.33. The van der Waals surface area contributed by atoms with Crippen LogP contribution in [0.4, 0.5) is 0 Å². The van der Waals surface area contributed by atoms with E-state index in [4.69, 9.17) is 10.8 Å². The number of hydrogen-bond acceptors (Lipinski definition) is 3. The van der Waals surface area contributed by atoms with Crippen molar-refractivity contribution in [3.63, 3.8) is 0 Å². The van der Waals surface area contributed by atoms with E-state index in [9.17, 15) is 0 Å². The summed E-state index contributed by atoms with van der Waals surface area (Å²) in [6.07, 6.45) is 12.5. The molecular weight excluding hydrogens is 236 g/mol. The Hall–Kier alpha value is -0.120. The normalized spacial score (nSPS) is 18.9. The maximum atomic E-state index is 8.82. The van der Waals surface area contributed by atoms with Crippen molar-refractivity contribution in [2.24, 2.45) is 5.73 Å². The van der Waals surface area contributed by atoms with Crippen molar-refractivity contribution in [2.45, 2.75) is 76.7 Å². The minimum atomic E-state index is 0.297. The van der Waals surface area contributed by atoms with Crippen molar-refractivity contribution in [1.29, 1.82) is 0 Å². The monoisotopic (exact) mass is 270 g/mol. The molecule has 1 saturated carbocycles. The van der Waals surface area contributed by atoms with Crippen LogP contribution >= 0.6 is 0 Å². The van der Waals surface area contributed by atoms with Crippen LogP contribution in [0.25, 0.3) is 0 Å². The first-order valence-electron chi connectivity index (χ1n) is 8.35. The SMILES string of the molecule is CCCN(CCCCCCO)C1(CN)CCCCC1. The van der Waals surface area contributed by atoms with Gasteiger partial charge >= 0.3 is 0 Å². The van der Waals surface area contributed by atoms with Crippen LogP contribution in [0.2, 0.25) is 0 Å².